The Hall–Kier alpha value is -1.40. The topological polar surface area (TPSA) is 59.4 Å². The van der Waals surface area contributed by atoms with Crippen molar-refractivity contribution in [3.63, 3.8) is 0 Å². The second kappa shape index (κ2) is 6.68. The molecule has 0 aliphatic carbocycles. The third kappa shape index (κ3) is 3.54. The molecule has 1 fully saturated rings. The Morgan fingerprint density at radius 3 is 2.95 bits per heavy atom. The summed E-state index contributed by atoms with van der Waals surface area (Å²) in [6, 6.07) is -0.194. The first kappa shape index (κ1) is 14.0. The van der Waals surface area contributed by atoms with Gasteiger partial charge in [-0.15, -0.1) is 0 Å². The molecule has 0 bridgehead atoms. The van der Waals surface area contributed by atoms with Crippen LogP contribution in [0.2, 0.25) is 0 Å². The fourth-order valence-corrected chi connectivity index (χ4v) is 2.18. The van der Waals surface area contributed by atoms with E-state index in [1.54, 1.807) is 6.20 Å². The van der Waals surface area contributed by atoms with E-state index < -0.39 is 0 Å². The molecule has 2 heterocycles. The Kier molecular flexibility index (Phi) is 4.93. The predicted octanol–water partition coefficient (Wildman–Crippen LogP) is 0.240. The largest absolute Gasteiger partial charge is 0.378 e. The maximum atomic E-state index is 12.2. The molecule has 106 valence electrons. The number of morpholine rings is 1. The molecule has 1 N–H and O–H groups in total. The van der Waals surface area contributed by atoms with Crippen LogP contribution in [0, 0.1) is 0 Å². The molecule has 2 rings (SSSR count). The number of carbonyl (C=O) groups excluding carboxylic acids is 1. The van der Waals surface area contributed by atoms with Crippen LogP contribution in [0.4, 0.5) is 0 Å². The lowest BCUT2D eigenvalue weighted by Crippen LogP contribution is -2.49. The van der Waals surface area contributed by atoms with E-state index in [1.807, 2.05) is 18.0 Å². The highest BCUT2D eigenvalue weighted by Gasteiger charge is 2.22. The second-order valence-corrected chi connectivity index (χ2v) is 4.67. The van der Waals surface area contributed by atoms with Gasteiger partial charge in [0.25, 0.3) is 0 Å². The van der Waals surface area contributed by atoms with Crippen molar-refractivity contribution in [3.8, 4) is 0 Å². The number of aryl methyl sites for hydroxylation is 1. The van der Waals surface area contributed by atoms with Gasteiger partial charge >= 0.3 is 0 Å². The third-order valence-corrected chi connectivity index (χ3v) is 3.40. The molecule has 1 atom stereocenters. The smallest absolute Gasteiger partial charge is 0.239 e. The first-order valence-corrected chi connectivity index (χ1v) is 6.82. The summed E-state index contributed by atoms with van der Waals surface area (Å²) in [7, 11) is 0. The molecule has 1 aliphatic rings. The molecular weight excluding hydrogens is 244 g/mol. The van der Waals surface area contributed by atoms with Gasteiger partial charge in [-0.1, -0.05) is 0 Å². The number of nitrogens with zero attached hydrogens (tertiary/aromatic N) is 3. The summed E-state index contributed by atoms with van der Waals surface area (Å²) in [4.78, 5) is 18.3. The predicted molar refractivity (Wildman–Crippen MR) is 71.6 cm³/mol. The lowest BCUT2D eigenvalue weighted by atomic mass is 10.2. The first-order chi connectivity index (χ1) is 9.22. The zero-order valence-corrected chi connectivity index (χ0v) is 11.6. The Labute approximate surface area is 113 Å². The number of hydrogen-bond acceptors (Lipinski definition) is 4. The van der Waals surface area contributed by atoms with E-state index in [4.69, 9.17) is 4.74 Å². The first-order valence-electron chi connectivity index (χ1n) is 6.82. The van der Waals surface area contributed by atoms with Gasteiger partial charge in [-0.25, -0.2) is 4.98 Å². The van der Waals surface area contributed by atoms with Gasteiger partial charge in [0.05, 0.1) is 25.8 Å². The highest BCUT2D eigenvalue weighted by molar-refractivity contribution is 5.81. The monoisotopic (exact) mass is 266 g/mol. The molecular formula is C13H22N4O2. The number of amides is 1. The van der Waals surface area contributed by atoms with Crippen LogP contribution in [0.15, 0.2) is 12.4 Å². The number of rotatable bonds is 5. The van der Waals surface area contributed by atoms with Gasteiger partial charge in [-0.05, 0) is 13.8 Å². The SMILES string of the molecule is CCn1ccnc1CNC(C)C(=O)N1CCOCC1. The number of imidazole rings is 1. The summed E-state index contributed by atoms with van der Waals surface area (Å²) < 4.78 is 7.32. The van der Waals surface area contributed by atoms with Crippen LogP contribution in [0.25, 0.3) is 0 Å². The van der Waals surface area contributed by atoms with Crippen molar-refractivity contribution in [1.82, 2.24) is 19.8 Å². The maximum Gasteiger partial charge on any atom is 0.239 e. The van der Waals surface area contributed by atoms with Crippen LogP contribution in [-0.4, -0.2) is 52.7 Å². The van der Waals surface area contributed by atoms with Crippen molar-refractivity contribution in [2.45, 2.75) is 33.0 Å². The molecule has 0 saturated carbocycles. The second-order valence-electron chi connectivity index (χ2n) is 4.67. The summed E-state index contributed by atoms with van der Waals surface area (Å²) in [5.41, 5.74) is 0. The number of aromatic nitrogens is 2. The number of ether oxygens (including phenoxy) is 1. The van der Waals surface area contributed by atoms with Crippen molar-refractivity contribution in [3.05, 3.63) is 18.2 Å². The fraction of sp³-hybridized carbons (Fsp3) is 0.692. The van der Waals surface area contributed by atoms with Gasteiger partial charge < -0.3 is 14.2 Å². The van der Waals surface area contributed by atoms with Gasteiger partial charge in [0.1, 0.15) is 5.82 Å². The molecule has 19 heavy (non-hydrogen) atoms. The molecule has 6 nitrogen and oxygen atoms in total. The lowest BCUT2D eigenvalue weighted by Gasteiger charge is -2.29. The average Bonchev–Trinajstić information content (AvgIpc) is 2.92. The molecule has 1 aliphatic heterocycles. The number of hydrogen-bond donors (Lipinski definition) is 1. The summed E-state index contributed by atoms with van der Waals surface area (Å²) in [6.07, 6.45) is 3.74. The summed E-state index contributed by atoms with van der Waals surface area (Å²) >= 11 is 0. The van der Waals surface area contributed by atoms with Gasteiger partial charge in [-0.3, -0.25) is 10.1 Å². The van der Waals surface area contributed by atoms with E-state index in [0.717, 1.165) is 12.4 Å². The Bertz CT molecular complexity index is 413. The molecule has 1 aromatic heterocycles. The quantitative estimate of drug-likeness (QED) is 0.829. The van der Waals surface area contributed by atoms with E-state index >= 15 is 0 Å². The minimum absolute atomic E-state index is 0.137. The van der Waals surface area contributed by atoms with Crippen molar-refractivity contribution in [1.29, 1.82) is 0 Å². The molecule has 0 spiro atoms. The Balaban J connectivity index is 1.83. The van der Waals surface area contributed by atoms with Crippen LogP contribution in [0.5, 0.6) is 0 Å². The van der Waals surface area contributed by atoms with Crippen molar-refractivity contribution >= 4 is 5.91 Å². The lowest BCUT2D eigenvalue weighted by molar-refractivity contribution is -0.137. The molecule has 0 radical (unpaired) electrons. The normalized spacial score (nSPS) is 17.5. The van der Waals surface area contributed by atoms with Crippen molar-refractivity contribution < 1.29 is 9.53 Å². The Morgan fingerprint density at radius 2 is 2.26 bits per heavy atom. The fourth-order valence-electron chi connectivity index (χ4n) is 2.18. The molecule has 1 amide bonds. The maximum absolute atomic E-state index is 12.2. The minimum atomic E-state index is -0.194. The molecule has 1 unspecified atom stereocenters. The third-order valence-electron chi connectivity index (χ3n) is 3.40. The van der Waals surface area contributed by atoms with Crippen LogP contribution in [0.3, 0.4) is 0 Å². The highest BCUT2D eigenvalue weighted by Crippen LogP contribution is 2.02. The van der Waals surface area contributed by atoms with Gasteiger partial charge in [0, 0.05) is 32.0 Å². The van der Waals surface area contributed by atoms with Gasteiger partial charge in [0.15, 0.2) is 0 Å². The van der Waals surface area contributed by atoms with Crippen LogP contribution >= 0.6 is 0 Å². The number of nitrogens with one attached hydrogen (secondary N) is 1. The van der Waals surface area contributed by atoms with E-state index in [1.165, 1.54) is 0 Å². The zero-order chi connectivity index (χ0) is 13.7. The standard InChI is InChI=1S/C13H22N4O2/c1-3-16-5-4-14-12(16)10-15-11(2)13(18)17-6-8-19-9-7-17/h4-5,11,15H,3,6-10H2,1-2H3. The van der Waals surface area contributed by atoms with Crippen LogP contribution in [0.1, 0.15) is 19.7 Å². The van der Waals surface area contributed by atoms with Crippen LogP contribution < -0.4 is 5.32 Å². The molecule has 0 aromatic carbocycles. The van der Waals surface area contributed by atoms with Gasteiger partial charge in [0.2, 0.25) is 5.91 Å². The van der Waals surface area contributed by atoms with Crippen molar-refractivity contribution in [2.75, 3.05) is 26.3 Å². The van der Waals surface area contributed by atoms with Gasteiger partial charge in [-0.2, -0.15) is 0 Å². The molecule has 1 aromatic rings. The summed E-state index contributed by atoms with van der Waals surface area (Å²) in [5, 5.41) is 3.24. The molecule has 1 saturated heterocycles. The summed E-state index contributed by atoms with van der Waals surface area (Å²) in [5.74, 6) is 1.10. The number of carbonyl (C=O) groups is 1. The van der Waals surface area contributed by atoms with E-state index in [9.17, 15) is 4.79 Å². The minimum Gasteiger partial charge on any atom is -0.378 e. The Morgan fingerprint density at radius 1 is 1.53 bits per heavy atom. The zero-order valence-electron chi connectivity index (χ0n) is 11.6. The molecule has 6 heteroatoms. The average molecular weight is 266 g/mol. The van der Waals surface area contributed by atoms with E-state index in [-0.39, 0.29) is 11.9 Å². The van der Waals surface area contributed by atoms with E-state index in [0.29, 0.717) is 32.8 Å². The van der Waals surface area contributed by atoms with E-state index in [2.05, 4.69) is 21.8 Å². The van der Waals surface area contributed by atoms with Crippen molar-refractivity contribution in [2.24, 2.45) is 0 Å². The highest BCUT2D eigenvalue weighted by atomic mass is 16.5. The summed E-state index contributed by atoms with van der Waals surface area (Å²) in [6.45, 7) is 8.13. The van der Waals surface area contributed by atoms with Crippen LogP contribution in [-0.2, 0) is 22.6 Å².